The molecule has 0 radical (unpaired) electrons. The Morgan fingerprint density at radius 3 is 1.37 bits per heavy atom. The molecule has 0 aliphatic heterocycles. The van der Waals surface area contributed by atoms with Crippen molar-refractivity contribution in [3.05, 3.63) is 442 Å². The van der Waals surface area contributed by atoms with E-state index in [1.807, 2.05) is 54.2 Å². The number of furan rings is 2. The van der Waals surface area contributed by atoms with Crippen molar-refractivity contribution in [2.75, 3.05) is 0 Å². The summed E-state index contributed by atoms with van der Waals surface area (Å²) in [5, 5.41) is 27.3. The van der Waals surface area contributed by atoms with E-state index in [1.54, 1.807) is 0 Å². The van der Waals surface area contributed by atoms with E-state index in [2.05, 4.69) is 412 Å². The quantitative estimate of drug-likeness (QED) is 0.150. The number of nitrogens with zero attached hydrogens (tertiary/aromatic N) is 5. The van der Waals surface area contributed by atoms with Gasteiger partial charge >= 0.3 is 0 Å². The van der Waals surface area contributed by atoms with E-state index in [9.17, 15) is 0 Å². The van der Waals surface area contributed by atoms with Crippen LogP contribution in [0.2, 0.25) is 0 Å². The highest BCUT2D eigenvalue weighted by atomic mass is 32.1. The summed E-state index contributed by atoms with van der Waals surface area (Å²) in [5.74, 6) is 0. The van der Waals surface area contributed by atoms with Crippen LogP contribution in [0.15, 0.2) is 440 Å². The van der Waals surface area contributed by atoms with Gasteiger partial charge in [0, 0.05) is 115 Å². The van der Waals surface area contributed by atoms with Crippen LogP contribution in [0.4, 0.5) is 0 Å². The fraction of sp³-hybridized carbons (Fsp3) is 0.0242. The number of pyridine rings is 5. The molecule has 1 aliphatic rings. The van der Waals surface area contributed by atoms with Crippen molar-refractivity contribution in [3.63, 3.8) is 0 Å². The minimum atomic E-state index is -0.0883. The van der Waals surface area contributed by atoms with Gasteiger partial charge in [-0.25, -0.2) is 15.0 Å². The molecule has 7 nitrogen and oxygen atoms in total. The van der Waals surface area contributed by atoms with Crippen molar-refractivity contribution >= 4 is 172 Å². The van der Waals surface area contributed by atoms with Crippen LogP contribution in [-0.2, 0) is 5.41 Å². The van der Waals surface area contributed by atoms with Crippen LogP contribution in [0, 0.1) is 0 Å². The average molecular weight is 1700 g/mol. The maximum absolute atomic E-state index is 6.50. The predicted molar refractivity (Wildman–Crippen MR) is 554 cm³/mol. The summed E-state index contributed by atoms with van der Waals surface area (Å²) in [6, 6.07) is 148. The van der Waals surface area contributed by atoms with E-state index < -0.39 is 0 Å². The summed E-state index contributed by atoms with van der Waals surface area (Å²) in [6.07, 6.45) is 5.56. The Morgan fingerprint density at radius 1 is 0.227 bits per heavy atom. The molecule has 0 saturated carbocycles. The Labute approximate surface area is 763 Å². The van der Waals surface area contributed by atoms with Crippen molar-refractivity contribution < 1.29 is 8.83 Å². The van der Waals surface area contributed by atoms with Crippen molar-refractivity contribution in [3.8, 4) is 101 Å². The predicted octanol–water partition coefficient (Wildman–Crippen LogP) is 34.2. The Balaban J connectivity index is 0.000000104. The van der Waals surface area contributed by atoms with Crippen LogP contribution < -0.4 is 0 Å². The van der Waals surface area contributed by atoms with Crippen LogP contribution in [0.3, 0.4) is 0 Å². The Bertz CT molecular complexity index is 9450. The van der Waals surface area contributed by atoms with Gasteiger partial charge in [-0.1, -0.05) is 305 Å². The third-order valence-corrected chi connectivity index (χ3v) is 28.3. The van der Waals surface area contributed by atoms with E-state index in [0.29, 0.717) is 0 Å². The van der Waals surface area contributed by atoms with Gasteiger partial charge in [-0.3, -0.25) is 9.97 Å². The lowest BCUT2D eigenvalue weighted by atomic mass is 9.82. The molecule has 8 aromatic heterocycles. The molecule has 0 spiro atoms. The Hall–Kier alpha value is -16.9. The van der Waals surface area contributed by atoms with Gasteiger partial charge in [0.05, 0.1) is 45.1 Å². The van der Waals surface area contributed by atoms with Gasteiger partial charge in [0.25, 0.3) is 0 Å². The molecule has 0 bridgehead atoms. The molecule has 132 heavy (non-hydrogen) atoms. The second-order valence-corrected chi connectivity index (χ2v) is 36.3. The number of rotatable bonds is 8. The molecule has 19 aromatic carbocycles. The van der Waals surface area contributed by atoms with Crippen molar-refractivity contribution in [2.45, 2.75) is 19.3 Å². The monoisotopic (exact) mass is 1700 g/mol. The SMILES string of the molecule is CC1(C)c2ccccc2-c2ccc(-c3cc(-c4ccc5ccccc5c4)c4ccc5oc6cc7ccccc7cc6c5c4n3)cc21.c1ccc(-c2ccc(-c3cc4c(ccc5oc6cc7ccccc7cc6c54)c(-c4cccc5ccccc45)n3)cc2)nc1.c1cncc(-c2cccc(-c3cc4c(ccc5sc6cc7ccccc7cc6c54)c(-c4cccc5ccccc45)n3)c2)c1. The second kappa shape index (κ2) is 30.7. The lowest BCUT2D eigenvalue weighted by Crippen LogP contribution is -2.14. The summed E-state index contributed by atoms with van der Waals surface area (Å²) >= 11 is 1.87. The van der Waals surface area contributed by atoms with Crippen molar-refractivity contribution in [1.82, 2.24) is 24.9 Å². The van der Waals surface area contributed by atoms with Crippen LogP contribution in [0.5, 0.6) is 0 Å². The molecular formula is C124H77N5O2S. The van der Waals surface area contributed by atoms with E-state index in [1.165, 1.54) is 129 Å². The number of thiophene rings is 1. The number of hydrogen-bond donors (Lipinski definition) is 0. The number of fused-ring (bicyclic) bond motifs is 24. The molecule has 27 aromatic rings. The van der Waals surface area contributed by atoms with Gasteiger partial charge in [0.1, 0.15) is 22.3 Å². The first-order valence-electron chi connectivity index (χ1n) is 44.9. The summed E-state index contributed by atoms with van der Waals surface area (Å²) in [6.45, 7) is 4.67. The molecule has 0 saturated heterocycles. The fourth-order valence-corrected chi connectivity index (χ4v) is 21.9. The minimum absolute atomic E-state index is 0.0883. The maximum Gasteiger partial charge on any atom is 0.137 e. The van der Waals surface area contributed by atoms with Crippen LogP contribution in [-0.4, -0.2) is 24.9 Å². The molecule has 28 rings (SSSR count). The molecular weight excluding hydrogens is 1620 g/mol. The Kier molecular flexibility index (Phi) is 17.7. The highest BCUT2D eigenvalue weighted by Crippen LogP contribution is 2.52. The third kappa shape index (κ3) is 12.8. The fourth-order valence-electron chi connectivity index (χ4n) is 20.7. The van der Waals surface area contributed by atoms with Crippen LogP contribution >= 0.6 is 11.3 Å². The van der Waals surface area contributed by atoms with E-state index in [-0.39, 0.29) is 5.41 Å². The first-order chi connectivity index (χ1) is 65.1. The molecule has 0 unspecified atom stereocenters. The third-order valence-electron chi connectivity index (χ3n) is 27.2. The van der Waals surface area contributed by atoms with Gasteiger partial charge in [0.2, 0.25) is 0 Å². The normalized spacial score (nSPS) is 12.4. The molecule has 1 aliphatic carbocycles. The van der Waals surface area contributed by atoms with Gasteiger partial charge in [0.15, 0.2) is 0 Å². The molecule has 616 valence electrons. The lowest BCUT2D eigenvalue weighted by Gasteiger charge is -2.22. The summed E-state index contributed by atoms with van der Waals surface area (Å²) in [4.78, 5) is 25.2. The maximum atomic E-state index is 6.50. The van der Waals surface area contributed by atoms with E-state index >= 15 is 0 Å². The largest absolute Gasteiger partial charge is 0.456 e. The van der Waals surface area contributed by atoms with Gasteiger partial charge in [-0.05, 0) is 236 Å². The zero-order valence-corrected chi connectivity index (χ0v) is 72.8. The molecule has 0 amide bonds. The molecule has 8 heterocycles. The van der Waals surface area contributed by atoms with Gasteiger partial charge in [-0.15, -0.1) is 11.3 Å². The van der Waals surface area contributed by atoms with Gasteiger partial charge in [-0.2, -0.15) is 0 Å². The summed E-state index contributed by atoms with van der Waals surface area (Å²) < 4.78 is 15.6. The molecule has 0 atom stereocenters. The number of benzene rings is 19. The zero-order valence-electron chi connectivity index (χ0n) is 72.0. The summed E-state index contributed by atoms with van der Waals surface area (Å²) in [5.41, 5.74) is 26.7. The van der Waals surface area contributed by atoms with E-state index in [0.717, 1.165) is 144 Å². The minimum Gasteiger partial charge on any atom is -0.456 e. The topological polar surface area (TPSA) is 90.7 Å². The van der Waals surface area contributed by atoms with Crippen molar-refractivity contribution in [1.29, 1.82) is 0 Å². The second-order valence-electron chi connectivity index (χ2n) is 35.2. The number of hydrogen-bond acceptors (Lipinski definition) is 8. The van der Waals surface area contributed by atoms with Crippen LogP contribution in [0.25, 0.3) is 262 Å². The first-order valence-corrected chi connectivity index (χ1v) is 45.7. The van der Waals surface area contributed by atoms with Gasteiger partial charge < -0.3 is 8.83 Å². The molecule has 0 N–H and O–H groups in total. The zero-order chi connectivity index (χ0) is 87.2. The molecule has 8 heteroatoms. The lowest BCUT2D eigenvalue weighted by molar-refractivity contribution is 0.660. The standard InChI is InChI=1S/C44H29NO.C40H24N2O.C40H24N2S/c1-44(2)37-14-8-7-13-32(37)33-18-17-31(23-38(33)44)39-25-35(30-16-15-26-9-3-4-10-27(26)21-30)34-19-20-40-42(43(34)45-39)36-22-28-11-5-6-12-29(28)24-41(36)46-40;1-2-10-29-23-38-34(22-28(29)9-1)39-33-24-36(27-17-15-26(16-18-27)35-14-5-6-21-41-35)42-40(32(33)19-20-37(39)43-38)31-13-7-11-25-8-3-4-12-30(25)31;1-2-10-28-22-38-35(21-27(28)9-1)39-34-23-36(29-13-5-12-26(20-29)30-14-7-19-41-24-30)42-40(33(34)17-18-37(39)43-38)32-16-6-11-25-8-3-4-15-31(25)32/h3-25H,1-2H3;2*1-24H. The Morgan fingerprint density at radius 2 is 0.712 bits per heavy atom. The smallest absolute Gasteiger partial charge is 0.137 e. The summed E-state index contributed by atoms with van der Waals surface area (Å²) in [7, 11) is 0. The highest BCUT2D eigenvalue weighted by molar-refractivity contribution is 7.26. The number of aromatic nitrogens is 5. The highest BCUT2D eigenvalue weighted by Gasteiger charge is 2.36. The first kappa shape index (κ1) is 76.3. The van der Waals surface area contributed by atoms with E-state index in [4.69, 9.17) is 23.8 Å². The average Bonchev–Trinajstić information content (AvgIpc) is 1.53. The van der Waals surface area contributed by atoms with Crippen LogP contribution in [0.1, 0.15) is 25.0 Å². The van der Waals surface area contributed by atoms with Crippen molar-refractivity contribution in [2.24, 2.45) is 0 Å². The molecule has 0 fully saturated rings.